The van der Waals surface area contributed by atoms with Crippen LogP contribution in [0.15, 0.2) is 48.5 Å². The van der Waals surface area contributed by atoms with Crippen molar-refractivity contribution in [3.8, 4) is 5.75 Å². The zero-order valence-electron chi connectivity index (χ0n) is 18.6. The van der Waals surface area contributed by atoms with E-state index in [1.165, 1.54) is 0 Å². The Hall–Kier alpha value is -1.88. The number of aliphatic hydroxyl groups excluding tert-OH is 3. The van der Waals surface area contributed by atoms with Gasteiger partial charge in [0.25, 0.3) is 0 Å². The van der Waals surface area contributed by atoms with Gasteiger partial charge in [0.2, 0.25) is 0 Å². The molecule has 3 N–H and O–H groups in total. The summed E-state index contributed by atoms with van der Waals surface area (Å²) in [7, 11) is 0. The van der Waals surface area contributed by atoms with E-state index in [0.29, 0.717) is 5.75 Å². The van der Waals surface area contributed by atoms with Gasteiger partial charge in [-0.2, -0.15) is 0 Å². The molecule has 0 aliphatic rings. The molecule has 0 radical (unpaired) electrons. The summed E-state index contributed by atoms with van der Waals surface area (Å²) in [4.78, 5) is 0. The lowest BCUT2D eigenvalue weighted by atomic mass is 9.78. The van der Waals surface area contributed by atoms with E-state index in [9.17, 15) is 15.3 Å². The summed E-state index contributed by atoms with van der Waals surface area (Å²) in [6.07, 6.45) is -0.708. The van der Waals surface area contributed by atoms with Crippen molar-refractivity contribution in [1.82, 2.24) is 0 Å². The second-order valence-corrected chi connectivity index (χ2v) is 9.99. The molecule has 29 heavy (non-hydrogen) atoms. The molecule has 0 spiro atoms. The van der Waals surface area contributed by atoms with Crippen LogP contribution in [0.1, 0.15) is 64.3 Å². The maximum absolute atomic E-state index is 10.1. The van der Waals surface area contributed by atoms with Crippen LogP contribution < -0.4 is 4.74 Å². The molecule has 0 aliphatic heterocycles. The molecule has 2 aromatic carbocycles. The van der Waals surface area contributed by atoms with Gasteiger partial charge in [-0.25, -0.2) is 0 Å². The second-order valence-electron chi connectivity index (χ2n) is 9.99. The number of rotatable bonds is 7. The van der Waals surface area contributed by atoms with Gasteiger partial charge in [-0.1, -0.05) is 77.9 Å². The zero-order valence-corrected chi connectivity index (χ0v) is 18.6. The van der Waals surface area contributed by atoms with Crippen LogP contribution in [0.2, 0.25) is 0 Å². The summed E-state index contributed by atoms with van der Waals surface area (Å²) in [5.74, 6) is 0.642. The van der Waals surface area contributed by atoms with Crippen molar-refractivity contribution in [3.05, 3.63) is 65.2 Å². The molecule has 0 fully saturated rings. The van der Waals surface area contributed by atoms with E-state index in [1.807, 2.05) is 36.4 Å². The van der Waals surface area contributed by atoms with E-state index >= 15 is 0 Å². The minimum atomic E-state index is -1.21. The molecule has 1 unspecified atom stereocenters. The summed E-state index contributed by atoms with van der Waals surface area (Å²) < 4.78 is 6.36. The standard InChI is InChI=1S/C25H36O4/c1-23(2,3)19-10-7-9-18(13-19)22(25(15-26,16-27)17-28)29-21-12-8-11-20(14-21)24(4,5)6/h7-14,22,26-28H,15-17H2,1-6H3. The third-order valence-corrected chi connectivity index (χ3v) is 5.51. The van der Waals surface area contributed by atoms with Gasteiger partial charge in [-0.3, -0.25) is 0 Å². The van der Waals surface area contributed by atoms with Crippen molar-refractivity contribution in [1.29, 1.82) is 0 Å². The van der Waals surface area contributed by atoms with Gasteiger partial charge >= 0.3 is 0 Å². The fraction of sp³-hybridized carbons (Fsp3) is 0.520. The smallest absolute Gasteiger partial charge is 0.136 e. The van der Waals surface area contributed by atoms with Gasteiger partial charge in [0, 0.05) is 0 Å². The molecule has 0 saturated carbocycles. The van der Waals surface area contributed by atoms with Gasteiger partial charge in [0.05, 0.1) is 25.2 Å². The van der Waals surface area contributed by atoms with Gasteiger partial charge in [-0.15, -0.1) is 0 Å². The molecule has 2 rings (SSSR count). The van der Waals surface area contributed by atoms with Crippen LogP contribution in [-0.4, -0.2) is 35.1 Å². The summed E-state index contributed by atoms with van der Waals surface area (Å²) >= 11 is 0. The number of benzene rings is 2. The van der Waals surface area contributed by atoms with Crippen molar-refractivity contribution >= 4 is 0 Å². The predicted molar refractivity (Wildman–Crippen MR) is 117 cm³/mol. The number of ether oxygens (including phenoxy) is 1. The third kappa shape index (κ3) is 5.39. The zero-order chi connectivity index (χ0) is 21.9. The molecule has 4 heteroatoms. The highest BCUT2D eigenvalue weighted by Crippen LogP contribution is 2.39. The fourth-order valence-corrected chi connectivity index (χ4v) is 3.29. The van der Waals surface area contributed by atoms with Crippen molar-refractivity contribution in [2.45, 2.75) is 58.5 Å². The maximum atomic E-state index is 10.1. The summed E-state index contributed by atoms with van der Waals surface area (Å²) in [5, 5.41) is 30.3. The first kappa shape index (κ1) is 23.4. The lowest BCUT2D eigenvalue weighted by Crippen LogP contribution is -2.42. The third-order valence-electron chi connectivity index (χ3n) is 5.51. The Morgan fingerprint density at radius 2 is 1.21 bits per heavy atom. The number of hydrogen-bond acceptors (Lipinski definition) is 4. The Balaban J connectivity index is 2.56. The first-order valence-corrected chi connectivity index (χ1v) is 10.2. The van der Waals surface area contributed by atoms with Gasteiger partial charge in [0.15, 0.2) is 0 Å². The Bertz CT molecular complexity index is 787. The molecule has 0 amide bonds. The molecule has 160 valence electrons. The molecule has 0 aromatic heterocycles. The maximum Gasteiger partial charge on any atom is 0.136 e. The average molecular weight is 401 g/mol. The fourth-order valence-electron chi connectivity index (χ4n) is 3.29. The Morgan fingerprint density at radius 3 is 1.69 bits per heavy atom. The van der Waals surface area contributed by atoms with Crippen LogP contribution in [0, 0.1) is 5.41 Å². The summed E-state index contributed by atoms with van der Waals surface area (Å²) in [6.45, 7) is 11.6. The highest BCUT2D eigenvalue weighted by molar-refractivity contribution is 5.35. The van der Waals surface area contributed by atoms with Gasteiger partial charge < -0.3 is 20.1 Å². The number of aliphatic hydroxyl groups is 3. The van der Waals surface area contributed by atoms with E-state index in [1.54, 1.807) is 0 Å². The average Bonchev–Trinajstić information content (AvgIpc) is 2.68. The molecule has 0 heterocycles. The normalized spacial score (nSPS) is 14.0. The minimum absolute atomic E-state index is 0.0386. The van der Waals surface area contributed by atoms with Gasteiger partial charge in [-0.05, 0) is 39.7 Å². The van der Waals surface area contributed by atoms with Crippen LogP contribution in [-0.2, 0) is 10.8 Å². The molecule has 0 aliphatic carbocycles. The topological polar surface area (TPSA) is 69.9 Å². The molecular weight excluding hydrogens is 364 g/mol. The Labute approximate surface area is 175 Å². The van der Waals surface area contributed by atoms with Crippen LogP contribution in [0.3, 0.4) is 0 Å². The highest BCUT2D eigenvalue weighted by atomic mass is 16.5. The summed E-state index contributed by atoms with van der Waals surface area (Å²) in [5.41, 5.74) is 1.75. The molecular formula is C25H36O4. The highest BCUT2D eigenvalue weighted by Gasteiger charge is 2.41. The second kappa shape index (κ2) is 8.86. The summed E-state index contributed by atoms with van der Waals surface area (Å²) in [6, 6.07) is 15.8. The Kier molecular flexibility index (Phi) is 7.15. The Morgan fingerprint density at radius 1 is 0.724 bits per heavy atom. The lowest BCUT2D eigenvalue weighted by Gasteiger charge is -2.37. The molecule has 1 atom stereocenters. The minimum Gasteiger partial charge on any atom is -0.485 e. The monoisotopic (exact) mass is 400 g/mol. The van der Waals surface area contributed by atoms with Crippen molar-refractivity contribution in [2.24, 2.45) is 5.41 Å². The van der Waals surface area contributed by atoms with E-state index in [-0.39, 0.29) is 10.8 Å². The van der Waals surface area contributed by atoms with Crippen molar-refractivity contribution in [2.75, 3.05) is 19.8 Å². The molecule has 0 saturated heterocycles. The molecule has 0 bridgehead atoms. The van der Waals surface area contributed by atoms with Crippen molar-refractivity contribution < 1.29 is 20.1 Å². The van der Waals surface area contributed by atoms with Crippen LogP contribution >= 0.6 is 0 Å². The largest absolute Gasteiger partial charge is 0.485 e. The first-order chi connectivity index (χ1) is 13.5. The van der Waals surface area contributed by atoms with Crippen molar-refractivity contribution in [3.63, 3.8) is 0 Å². The van der Waals surface area contributed by atoms with E-state index in [0.717, 1.165) is 16.7 Å². The quantitative estimate of drug-likeness (QED) is 0.646. The van der Waals surface area contributed by atoms with E-state index in [4.69, 9.17) is 4.74 Å². The number of hydrogen-bond donors (Lipinski definition) is 3. The van der Waals surface area contributed by atoms with Crippen LogP contribution in [0.5, 0.6) is 5.75 Å². The first-order valence-electron chi connectivity index (χ1n) is 10.2. The predicted octanol–water partition coefficient (Wildman–Crippen LogP) is 4.37. The SMILES string of the molecule is CC(C)(C)c1cccc(OC(c2cccc(C(C)(C)C)c2)C(CO)(CO)CO)c1. The lowest BCUT2D eigenvalue weighted by molar-refractivity contribution is -0.0743. The van der Waals surface area contributed by atoms with E-state index in [2.05, 4.69) is 53.7 Å². The van der Waals surface area contributed by atoms with Gasteiger partial charge in [0.1, 0.15) is 11.9 Å². The van der Waals surface area contributed by atoms with Crippen LogP contribution in [0.4, 0.5) is 0 Å². The molecule has 2 aromatic rings. The molecule has 4 nitrogen and oxygen atoms in total. The van der Waals surface area contributed by atoms with E-state index < -0.39 is 31.3 Å². The van der Waals surface area contributed by atoms with Crippen LogP contribution in [0.25, 0.3) is 0 Å².